The van der Waals surface area contributed by atoms with Crippen LogP contribution in [0.5, 0.6) is 5.75 Å². The number of nitrogens with zero attached hydrogens (tertiary/aromatic N) is 3. The van der Waals surface area contributed by atoms with Crippen LogP contribution in [0, 0.1) is 6.92 Å². The molecule has 0 spiro atoms. The number of methoxy groups -OCH3 is 1. The van der Waals surface area contributed by atoms with E-state index in [-0.39, 0.29) is 30.2 Å². The second-order valence-electron chi connectivity index (χ2n) is 10.7. The molecule has 202 valence electrons. The van der Waals surface area contributed by atoms with E-state index in [1.807, 2.05) is 91.9 Å². The maximum Gasteiger partial charge on any atom is 0.245 e. The van der Waals surface area contributed by atoms with Gasteiger partial charge in [-0.1, -0.05) is 80.9 Å². The van der Waals surface area contributed by atoms with Crippen LogP contribution in [0.3, 0.4) is 0 Å². The minimum atomic E-state index is -0.289. The molecule has 0 aliphatic carbocycles. The summed E-state index contributed by atoms with van der Waals surface area (Å²) >= 11 is 0. The van der Waals surface area contributed by atoms with Gasteiger partial charge in [0, 0.05) is 18.0 Å². The number of benzene rings is 3. The first-order valence-corrected chi connectivity index (χ1v) is 13.0. The molecule has 0 radical (unpaired) electrons. The largest absolute Gasteiger partial charge is 0.497 e. The zero-order chi connectivity index (χ0) is 28.0. The molecule has 0 bridgehead atoms. The summed E-state index contributed by atoms with van der Waals surface area (Å²) in [6, 6.07) is 27.0. The lowest BCUT2D eigenvalue weighted by molar-refractivity contribution is -0.134. The number of amides is 2. The molecule has 0 saturated carbocycles. The standard InChI is InChI=1S/C32H36N4O3/c1-23-11-15-26(16-12-23)36-29(20-28(34-36)32(2,3)4)33-30(37)22-35(21-25-9-7-6-8-10-25)31(38)19-24-13-17-27(39-5)18-14-24/h6-18,20H,19,21-22H2,1-5H3,(H,33,37). The molecular formula is C32H36N4O3. The lowest BCUT2D eigenvalue weighted by Gasteiger charge is -2.23. The summed E-state index contributed by atoms with van der Waals surface area (Å²) in [4.78, 5) is 28.4. The fourth-order valence-electron chi connectivity index (χ4n) is 4.14. The van der Waals surface area contributed by atoms with Crippen LogP contribution in [0.15, 0.2) is 84.9 Å². The number of hydrogen-bond donors (Lipinski definition) is 1. The Balaban J connectivity index is 1.56. The molecule has 0 atom stereocenters. The number of carbonyl (C=O) groups is 2. The molecular weight excluding hydrogens is 488 g/mol. The molecule has 1 heterocycles. The van der Waals surface area contributed by atoms with E-state index < -0.39 is 0 Å². The van der Waals surface area contributed by atoms with Crippen molar-refractivity contribution in [2.24, 2.45) is 0 Å². The predicted molar refractivity (Wildman–Crippen MR) is 154 cm³/mol. The number of carbonyl (C=O) groups excluding carboxylic acids is 2. The van der Waals surface area contributed by atoms with Crippen molar-refractivity contribution >= 4 is 17.6 Å². The second kappa shape index (κ2) is 12.0. The molecule has 1 aromatic heterocycles. The quantitative estimate of drug-likeness (QED) is 0.305. The number of aryl methyl sites for hydroxylation is 1. The summed E-state index contributed by atoms with van der Waals surface area (Å²) in [6.45, 7) is 8.52. The highest BCUT2D eigenvalue weighted by Gasteiger charge is 2.23. The highest BCUT2D eigenvalue weighted by molar-refractivity contribution is 5.94. The van der Waals surface area contributed by atoms with E-state index in [1.165, 1.54) is 0 Å². The molecule has 39 heavy (non-hydrogen) atoms. The van der Waals surface area contributed by atoms with Gasteiger partial charge in [-0.15, -0.1) is 0 Å². The van der Waals surface area contributed by atoms with E-state index in [0.29, 0.717) is 12.4 Å². The first-order chi connectivity index (χ1) is 18.6. The summed E-state index contributed by atoms with van der Waals surface area (Å²) in [7, 11) is 1.61. The van der Waals surface area contributed by atoms with E-state index in [2.05, 4.69) is 26.1 Å². The third kappa shape index (κ3) is 7.35. The Bertz CT molecular complexity index is 1400. The normalized spacial score (nSPS) is 11.2. The van der Waals surface area contributed by atoms with Gasteiger partial charge >= 0.3 is 0 Å². The van der Waals surface area contributed by atoms with E-state index in [4.69, 9.17) is 9.84 Å². The maximum absolute atomic E-state index is 13.4. The third-order valence-corrected chi connectivity index (χ3v) is 6.44. The molecule has 4 aromatic rings. The SMILES string of the molecule is COc1ccc(CC(=O)N(CC(=O)Nc2cc(C(C)(C)C)nn2-c2ccc(C)cc2)Cc2ccccc2)cc1. The molecule has 7 heteroatoms. The van der Waals surface area contributed by atoms with Gasteiger partial charge in [-0.3, -0.25) is 9.59 Å². The molecule has 4 rings (SSSR count). The van der Waals surface area contributed by atoms with Crippen LogP contribution in [0.1, 0.15) is 43.2 Å². The number of ether oxygens (including phenoxy) is 1. The smallest absolute Gasteiger partial charge is 0.245 e. The zero-order valence-corrected chi connectivity index (χ0v) is 23.3. The van der Waals surface area contributed by atoms with Crippen LogP contribution in [-0.4, -0.2) is 40.1 Å². The van der Waals surface area contributed by atoms with Crippen LogP contribution < -0.4 is 10.1 Å². The molecule has 0 unspecified atom stereocenters. The Hall–Kier alpha value is -4.39. The maximum atomic E-state index is 13.4. The highest BCUT2D eigenvalue weighted by atomic mass is 16.5. The van der Waals surface area contributed by atoms with Crippen molar-refractivity contribution in [3.8, 4) is 11.4 Å². The number of rotatable bonds is 9. The Morgan fingerprint density at radius 3 is 2.21 bits per heavy atom. The monoisotopic (exact) mass is 524 g/mol. The first kappa shape index (κ1) is 27.6. The molecule has 3 aromatic carbocycles. The molecule has 1 N–H and O–H groups in total. The zero-order valence-electron chi connectivity index (χ0n) is 23.3. The first-order valence-electron chi connectivity index (χ1n) is 13.0. The molecule has 0 saturated heterocycles. The van der Waals surface area contributed by atoms with Gasteiger partial charge in [0.15, 0.2) is 0 Å². The van der Waals surface area contributed by atoms with Crippen molar-refractivity contribution < 1.29 is 14.3 Å². The van der Waals surface area contributed by atoms with Crippen molar-refractivity contribution in [1.29, 1.82) is 0 Å². The van der Waals surface area contributed by atoms with E-state index >= 15 is 0 Å². The number of nitrogens with one attached hydrogen (secondary N) is 1. The Kier molecular flexibility index (Phi) is 8.49. The van der Waals surface area contributed by atoms with Gasteiger partial charge in [0.1, 0.15) is 18.1 Å². The van der Waals surface area contributed by atoms with Gasteiger partial charge < -0.3 is 15.0 Å². The summed E-state index contributed by atoms with van der Waals surface area (Å²) in [5, 5.41) is 7.81. The van der Waals surface area contributed by atoms with Gasteiger partial charge in [0.05, 0.1) is 24.9 Å². The van der Waals surface area contributed by atoms with Crippen LogP contribution in [0.25, 0.3) is 5.69 Å². The number of hydrogen-bond acceptors (Lipinski definition) is 4. The van der Waals surface area contributed by atoms with Gasteiger partial charge in [0.25, 0.3) is 0 Å². The Morgan fingerprint density at radius 1 is 0.923 bits per heavy atom. The van der Waals surface area contributed by atoms with E-state index in [0.717, 1.165) is 33.8 Å². The molecule has 0 aliphatic heterocycles. The molecule has 2 amide bonds. The minimum Gasteiger partial charge on any atom is -0.497 e. The topological polar surface area (TPSA) is 76.5 Å². The fraction of sp³-hybridized carbons (Fsp3) is 0.281. The average molecular weight is 525 g/mol. The minimum absolute atomic E-state index is 0.0895. The lowest BCUT2D eigenvalue weighted by atomic mass is 9.92. The highest BCUT2D eigenvalue weighted by Crippen LogP contribution is 2.26. The van der Waals surface area contributed by atoms with Crippen LogP contribution in [0.2, 0.25) is 0 Å². The van der Waals surface area contributed by atoms with Crippen LogP contribution >= 0.6 is 0 Å². The lowest BCUT2D eigenvalue weighted by Crippen LogP contribution is -2.38. The Labute approximate surface area is 230 Å². The third-order valence-electron chi connectivity index (χ3n) is 6.44. The summed E-state index contributed by atoms with van der Waals surface area (Å²) < 4.78 is 6.97. The number of anilines is 1. The summed E-state index contributed by atoms with van der Waals surface area (Å²) in [5.41, 5.74) is 4.45. The van der Waals surface area contributed by atoms with E-state index in [9.17, 15) is 9.59 Å². The summed E-state index contributed by atoms with van der Waals surface area (Å²) in [5.74, 6) is 0.868. The van der Waals surface area contributed by atoms with Crippen molar-refractivity contribution in [3.05, 3.63) is 107 Å². The van der Waals surface area contributed by atoms with Gasteiger partial charge in [-0.2, -0.15) is 5.10 Å². The van der Waals surface area contributed by atoms with Crippen molar-refractivity contribution in [2.75, 3.05) is 19.0 Å². The second-order valence-corrected chi connectivity index (χ2v) is 10.7. The summed E-state index contributed by atoms with van der Waals surface area (Å²) in [6.07, 6.45) is 0.180. The van der Waals surface area contributed by atoms with Crippen molar-refractivity contribution in [3.63, 3.8) is 0 Å². The predicted octanol–water partition coefficient (Wildman–Crippen LogP) is 5.70. The van der Waals surface area contributed by atoms with Crippen molar-refractivity contribution in [1.82, 2.24) is 14.7 Å². The van der Waals surface area contributed by atoms with Gasteiger partial charge in [0.2, 0.25) is 11.8 Å². The fourth-order valence-corrected chi connectivity index (χ4v) is 4.14. The van der Waals surface area contributed by atoms with Crippen LogP contribution in [-0.2, 0) is 28.0 Å². The average Bonchev–Trinajstić information content (AvgIpc) is 3.34. The van der Waals surface area contributed by atoms with Gasteiger partial charge in [-0.25, -0.2) is 4.68 Å². The van der Waals surface area contributed by atoms with Crippen molar-refractivity contribution in [2.45, 2.75) is 46.1 Å². The molecule has 0 aliphatic rings. The molecule has 7 nitrogen and oxygen atoms in total. The molecule has 0 fully saturated rings. The van der Waals surface area contributed by atoms with Crippen LogP contribution in [0.4, 0.5) is 5.82 Å². The van der Waals surface area contributed by atoms with Gasteiger partial charge in [-0.05, 0) is 42.3 Å². The number of aromatic nitrogens is 2. The van der Waals surface area contributed by atoms with E-state index in [1.54, 1.807) is 16.7 Å². The Morgan fingerprint density at radius 2 is 1.59 bits per heavy atom.